The van der Waals surface area contributed by atoms with Gasteiger partial charge in [-0.3, -0.25) is 48.2 Å². The fraction of sp³-hybridized carbons (Fsp3) is 0.511. The Kier molecular flexibility index (Phi) is 12.1. The number of piperidine rings is 3. The molecule has 4 amide bonds. The second-order valence-electron chi connectivity index (χ2n) is 17.6. The molecule has 4 fully saturated rings. The van der Waals surface area contributed by atoms with Crippen LogP contribution in [0, 0.1) is 11.8 Å². The predicted molar refractivity (Wildman–Crippen MR) is 227 cm³/mol. The van der Waals surface area contributed by atoms with Crippen LogP contribution in [0.2, 0.25) is 0 Å². The molecule has 0 radical (unpaired) electrons. The molecule has 1 unspecified atom stereocenters. The van der Waals surface area contributed by atoms with Crippen molar-refractivity contribution in [2.45, 2.75) is 102 Å². The molecule has 3 saturated heterocycles. The van der Waals surface area contributed by atoms with Gasteiger partial charge in [0.1, 0.15) is 12.3 Å². The van der Waals surface area contributed by atoms with Crippen molar-refractivity contribution in [1.82, 2.24) is 44.0 Å². The van der Waals surface area contributed by atoms with E-state index in [0.29, 0.717) is 55.9 Å². The summed E-state index contributed by atoms with van der Waals surface area (Å²) in [6.07, 6.45) is 10.6. The second kappa shape index (κ2) is 18.0. The van der Waals surface area contributed by atoms with E-state index in [-0.39, 0.29) is 53.7 Å². The molecule has 1 aliphatic carbocycles. The van der Waals surface area contributed by atoms with E-state index >= 15 is 0 Å². The summed E-state index contributed by atoms with van der Waals surface area (Å²) in [7, 11) is 1.70. The van der Waals surface area contributed by atoms with Gasteiger partial charge in [0.2, 0.25) is 23.6 Å². The lowest BCUT2D eigenvalue weighted by molar-refractivity contribution is -0.136. The maximum atomic E-state index is 14.2. The summed E-state index contributed by atoms with van der Waals surface area (Å²) in [4.78, 5) is 76.9. The number of pyridine rings is 1. The molecule has 0 bridgehead atoms. The number of rotatable bonds is 14. The minimum atomic E-state index is -2.92. The minimum Gasteiger partial charge on any atom is -0.444 e. The zero-order valence-electron chi connectivity index (χ0n) is 35.3. The number of alkyl halides is 2. The molecule has 18 heteroatoms. The number of benzene rings is 1. The Labute approximate surface area is 362 Å². The van der Waals surface area contributed by atoms with Gasteiger partial charge in [-0.2, -0.15) is 5.10 Å². The summed E-state index contributed by atoms with van der Waals surface area (Å²) >= 11 is 0. The van der Waals surface area contributed by atoms with Gasteiger partial charge in [0.15, 0.2) is 11.4 Å². The fourth-order valence-corrected chi connectivity index (χ4v) is 9.35. The highest BCUT2D eigenvalue weighted by molar-refractivity contribution is 6.03. The molecular formula is C45H52F2N10O6. The SMILES string of the molecule is Cn1c(=O)n(C2CCC(=O)NC2=O)c2ccc(CN3CCC(CCC(=O)N4CCC(n5cc(NC(=O)c6coc(-c7ccnc(CCC8CC8)c7)n6)c(C(F)F)n5)CC4)CC3)cc21. The third-order valence-corrected chi connectivity index (χ3v) is 13.3. The smallest absolute Gasteiger partial charge is 0.329 e. The summed E-state index contributed by atoms with van der Waals surface area (Å²) in [5.41, 5.74) is 3.12. The van der Waals surface area contributed by atoms with Crippen molar-refractivity contribution in [2.24, 2.45) is 18.9 Å². The molecule has 5 aromatic rings. The van der Waals surface area contributed by atoms with Gasteiger partial charge < -0.3 is 14.6 Å². The van der Waals surface area contributed by atoms with Crippen LogP contribution in [0.15, 0.2) is 58.2 Å². The van der Waals surface area contributed by atoms with Gasteiger partial charge in [-0.05, 0) is 106 Å². The van der Waals surface area contributed by atoms with E-state index < -0.39 is 30.0 Å². The number of oxazole rings is 1. The first kappa shape index (κ1) is 42.3. The molecule has 1 aromatic carbocycles. The summed E-state index contributed by atoms with van der Waals surface area (Å²) in [6.45, 7) is 3.46. The number of likely N-dealkylation sites (tertiary alicyclic amines) is 2. The number of nitrogens with zero attached hydrogens (tertiary/aromatic N) is 8. The second-order valence-corrected chi connectivity index (χ2v) is 17.6. The number of carbonyl (C=O) groups is 4. The molecule has 3 aliphatic heterocycles. The van der Waals surface area contributed by atoms with Crippen LogP contribution in [-0.2, 0) is 34.4 Å². The van der Waals surface area contributed by atoms with Crippen LogP contribution in [0.4, 0.5) is 14.5 Å². The third-order valence-electron chi connectivity index (χ3n) is 13.3. The Morgan fingerprint density at radius 3 is 2.46 bits per heavy atom. The van der Waals surface area contributed by atoms with Crippen LogP contribution < -0.4 is 16.3 Å². The Balaban J connectivity index is 0.729. The largest absolute Gasteiger partial charge is 0.444 e. The summed E-state index contributed by atoms with van der Waals surface area (Å²) in [6, 6.07) is 8.59. The van der Waals surface area contributed by atoms with Gasteiger partial charge in [0.05, 0.1) is 22.8 Å². The summed E-state index contributed by atoms with van der Waals surface area (Å²) < 4.78 is 38.5. The van der Waals surface area contributed by atoms with Crippen molar-refractivity contribution < 1.29 is 32.4 Å². The molecule has 9 rings (SSSR count). The molecule has 2 N–H and O–H groups in total. The third kappa shape index (κ3) is 9.36. The van der Waals surface area contributed by atoms with E-state index in [9.17, 15) is 32.8 Å². The van der Waals surface area contributed by atoms with E-state index in [1.54, 1.807) is 23.9 Å². The molecule has 1 atom stereocenters. The molecular weight excluding hydrogens is 815 g/mol. The quantitative estimate of drug-likeness (QED) is 0.127. The number of anilines is 1. The van der Waals surface area contributed by atoms with Crippen molar-refractivity contribution in [1.29, 1.82) is 0 Å². The van der Waals surface area contributed by atoms with E-state index in [1.807, 2.05) is 29.2 Å². The lowest BCUT2D eigenvalue weighted by Crippen LogP contribution is -2.44. The van der Waals surface area contributed by atoms with E-state index in [0.717, 1.165) is 67.9 Å². The number of aromatic nitrogens is 6. The Morgan fingerprint density at radius 2 is 1.71 bits per heavy atom. The fourth-order valence-electron chi connectivity index (χ4n) is 9.35. The Morgan fingerprint density at radius 1 is 0.937 bits per heavy atom. The van der Waals surface area contributed by atoms with Gasteiger partial charge in [0.25, 0.3) is 12.3 Å². The molecule has 1 saturated carbocycles. The number of halogens is 2. The average Bonchev–Trinajstić information content (AvgIpc) is 3.70. The highest BCUT2D eigenvalue weighted by Crippen LogP contribution is 2.34. The number of imide groups is 1. The number of amides is 4. The number of carbonyl (C=O) groups excluding carboxylic acids is 4. The van der Waals surface area contributed by atoms with Crippen LogP contribution in [0.25, 0.3) is 22.5 Å². The first-order valence-electron chi connectivity index (χ1n) is 22.1. The predicted octanol–water partition coefficient (Wildman–Crippen LogP) is 5.95. The van der Waals surface area contributed by atoms with Crippen molar-refractivity contribution in [3.8, 4) is 11.5 Å². The van der Waals surface area contributed by atoms with Gasteiger partial charge in [-0.1, -0.05) is 18.9 Å². The molecule has 4 aliphatic rings. The number of imidazole rings is 1. The molecule has 7 heterocycles. The number of hydrogen-bond acceptors (Lipinski definition) is 10. The highest BCUT2D eigenvalue weighted by atomic mass is 19.3. The zero-order chi connectivity index (χ0) is 43.8. The maximum absolute atomic E-state index is 14.2. The van der Waals surface area contributed by atoms with E-state index in [1.165, 1.54) is 34.6 Å². The lowest BCUT2D eigenvalue weighted by atomic mass is 9.91. The first-order chi connectivity index (χ1) is 30.5. The molecule has 63 heavy (non-hydrogen) atoms. The lowest BCUT2D eigenvalue weighted by Gasteiger charge is -2.34. The number of hydrogen-bond donors (Lipinski definition) is 2. The van der Waals surface area contributed by atoms with Crippen molar-refractivity contribution in [3.63, 3.8) is 0 Å². The summed E-state index contributed by atoms with van der Waals surface area (Å²) in [5.74, 6) is 0.0644. The van der Waals surface area contributed by atoms with Crippen LogP contribution in [0.3, 0.4) is 0 Å². The van der Waals surface area contributed by atoms with Gasteiger partial charge >= 0.3 is 5.69 Å². The Hall–Kier alpha value is -6.04. The normalized spacial score (nSPS) is 19.3. The van der Waals surface area contributed by atoms with E-state index in [2.05, 4.69) is 30.6 Å². The van der Waals surface area contributed by atoms with Crippen LogP contribution in [0.1, 0.15) is 117 Å². The van der Waals surface area contributed by atoms with Crippen molar-refractivity contribution >= 4 is 40.3 Å². The monoisotopic (exact) mass is 866 g/mol. The molecule has 332 valence electrons. The van der Waals surface area contributed by atoms with Crippen LogP contribution in [0.5, 0.6) is 0 Å². The maximum Gasteiger partial charge on any atom is 0.329 e. The number of aryl methyl sites for hydroxylation is 2. The molecule has 4 aromatic heterocycles. The van der Waals surface area contributed by atoms with Crippen molar-refractivity contribution in [3.05, 3.63) is 82.1 Å². The zero-order valence-corrected chi connectivity index (χ0v) is 35.3. The minimum absolute atomic E-state index is 0.0442. The standard InChI is InChI=1S/C45H52F2N10O6/c1-53-37-22-29(5-8-35(37)57(45(53)62)36-9-10-38(58)51-43(36)61)24-54-18-13-28(14-19-54)6-11-39(59)55-20-15-32(16-21-55)56-25-33(40(52-56)41(46)47)49-42(60)34-26-63-44(50-34)30-12-17-48-31(23-30)7-4-27-2-3-27/h5,8,12,17,22-23,25-28,32,36,41H,2-4,6-7,9-11,13-16,18-21,24H2,1H3,(H,49,60)(H,51,58,61). The Bertz CT molecular complexity index is 2580. The molecule has 0 spiro atoms. The highest BCUT2D eigenvalue weighted by Gasteiger charge is 2.32. The average molecular weight is 867 g/mol. The van der Waals surface area contributed by atoms with Gasteiger partial charge in [-0.25, -0.2) is 18.6 Å². The van der Waals surface area contributed by atoms with Crippen molar-refractivity contribution in [2.75, 3.05) is 31.5 Å². The molecule has 16 nitrogen and oxygen atoms in total. The number of nitrogens with one attached hydrogen (secondary N) is 2. The van der Waals surface area contributed by atoms with Gasteiger partial charge in [-0.15, -0.1) is 0 Å². The topological polar surface area (TPSA) is 182 Å². The van der Waals surface area contributed by atoms with Crippen LogP contribution in [-0.4, -0.2) is 88.5 Å². The van der Waals surface area contributed by atoms with E-state index in [4.69, 9.17) is 4.42 Å². The number of fused-ring (bicyclic) bond motifs is 1. The summed E-state index contributed by atoms with van der Waals surface area (Å²) in [5, 5.41) is 9.09. The van der Waals surface area contributed by atoms with Crippen LogP contribution >= 0.6 is 0 Å². The first-order valence-corrected chi connectivity index (χ1v) is 22.1. The van der Waals surface area contributed by atoms with Gasteiger partial charge in [0, 0.05) is 63.2 Å².